The third-order valence-electron chi connectivity index (χ3n) is 6.28. The Balaban J connectivity index is 1.48. The van der Waals surface area contributed by atoms with Gasteiger partial charge in [0.1, 0.15) is 0 Å². The van der Waals surface area contributed by atoms with Gasteiger partial charge in [0.25, 0.3) is 0 Å². The van der Waals surface area contributed by atoms with Gasteiger partial charge in [-0.2, -0.15) is 0 Å². The van der Waals surface area contributed by atoms with Crippen LogP contribution in [0.4, 0.5) is 0 Å². The van der Waals surface area contributed by atoms with Crippen LogP contribution >= 0.6 is 11.5 Å². The predicted octanol–water partition coefficient (Wildman–Crippen LogP) is 1.75. The molecule has 2 aromatic rings. The molecule has 3 heterocycles. The summed E-state index contributed by atoms with van der Waals surface area (Å²) in [5.74, 6) is 0.0609. The molecule has 2 fully saturated rings. The minimum atomic E-state index is -0.306. The average Bonchev–Trinajstić information content (AvgIpc) is 3.38. The Labute approximate surface area is 175 Å². The first-order valence-corrected chi connectivity index (χ1v) is 11.0. The van der Waals surface area contributed by atoms with Crippen LogP contribution in [0.1, 0.15) is 41.5 Å². The molecule has 2 N–H and O–H groups in total. The summed E-state index contributed by atoms with van der Waals surface area (Å²) in [6.45, 7) is 5.24. The minimum Gasteiger partial charge on any atom is -0.369 e. The number of hydrogen-bond acceptors (Lipinski definition) is 6. The van der Waals surface area contributed by atoms with Crippen molar-refractivity contribution in [1.82, 2.24) is 19.4 Å². The van der Waals surface area contributed by atoms with E-state index in [1.807, 2.05) is 5.38 Å². The molecule has 2 saturated heterocycles. The molecule has 0 bridgehead atoms. The predicted molar refractivity (Wildman–Crippen MR) is 112 cm³/mol. The quantitative estimate of drug-likeness (QED) is 0.806. The van der Waals surface area contributed by atoms with E-state index in [9.17, 15) is 9.59 Å². The van der Waals surface area contributed by atoms with E-state index in [2.05, 4.69) is 45.7 Å². The second-order valence-electron chi connectivity index (χ2n) is 8.17. The summed E-state index contributed by atoms with van der Waals surface area (Å²) in [6, 6.07) is 8.45. The Morgan fingerprint density at radius 3 is 2.72 bits per heavy atom. The average molecular weight is 414 g/mol. The van der Waals surface area contributed by atoms with E-state index in [1.54, 1.807) is 4.90 Å². The van der Waals surface area contributed by atoms with Crippen molar-refractivity contribution in [2.24, 2.45) is 11.7 Å². The number of piperidine rings is 1. The lowest BCUT2D eigenvalue weighted by Gasteiger charge is -2.32. The van der Waals surface area contributed by atoms with E-state index < -0.39 is 0 Å². The maximum Gasteiger partial charge on any atom is 0.236 e. The van der Waals surface area contributed by atoms with E-state index in [0.29, 0.717) is 19.6 Å². The molecule has 0 aliphatic carbocycles. The lowest BCUT2D eigenvalue weighted by molar-refractivity contribution is -0.135. The van der Waals surface area contributed by atoms with Crippen LogP contribution in [0.5, 0.6) is 0 Å². The molecular formula is C21H27N5O2S. The van der Waals surface area contributed by atoms with Gasteiger partial charge in [-0.25, -0.2) is 0 Å². The standard InChI is InChI=1S/C21H27N5O2S/c1-14-5-2-3-7-16(14)17-10-25(11-18(17)19-13-29-24-23-19)12-20(27)26-8-4-6-15(9-26)21(22)28/h2-3,5,7,13,15,17-18H,4,6,8-12H2,1H3,(H2,22,28)/t15-,17+,18-/m1/s1. The number of benzene rings is 1. The van der Waals surface area contributed by atoms with E-state index in [-0.39, 0.29) is 29.6 Å². The zero-order valence-electron chi connectivity index (χ0n) is 16.7. The topological polar surface area (TPSA) is 92.4 Å². The van der Waals surface area contributed by atoms with Gasteiger partial charge in [-0.15, -0.1) is 5.10 Å². The number of rotatable bonds is 5. The van der Waals surface area contributed by atoms with Gasteiger partial charge in [-0.05, 0) is 42.4 Å². The van der Waals surface area contributed by atoms with Crippen LogP contribution < -0.4 is 5.73 Å². The third kappa shape index (κ3) is 4.33. The van der Waals surface area contributed by atoms with Crippen molar-refractivity contribution in [1.29, 1.82) is 0 Å². The summed E-state index contributed by atoms with van der Waals surface area (Å²) >= 11 is 1.37. The third-order valence-corrected chi connectivity index (χ3v) is 6.80. The molecule has 0 radical (unpaired) electrons. The molecule has 7 nitrogen and oxygen atoms in total. The zero-order valence-corrected chi connectivity index (χ0v) is 17.5. The Hall–Kier alpha value is -2.32. The van der Waals surface area contributed by atoms with Gasteiger partial charge in [0, 0.05) is 43.4 Å². The van der Waals surface area contributed by atoms with Gasteiger partial charge in [0.2, 0.25) is 11.8 Å². The van der Waals surface area contributed by atoms with Crippen LogP contribution in [0.2, 0.25) is 0 Å². The molecule has 0 spiro atoms. The van der Waals surface area contributed by atoms with Crippen LogP contribution in [0, 0.1) is 12.8 Å². The molecule has 0 unspecified atom stereocenters. The molecule has 1 aromatic heterocycles. The molecule has 3 atom stereocenters. The highest BCUT2D eigenvalue weighted by Gasteiger charge is 2.38. The molecular weight excluding hydrogens is 386 g/mol. The Bertz CT molecular complexity index is 872. The van der Waals surface area contributed by atoms with E-state index >= 15 is 0 Å². The molecule has 154 valence electrons. The van der Waals surface area contributed by atoms with Crippen molar-refractivity contribution in [3.8, 4) is 0 Å². The number of carbonyl (C=O) groups is 2. The summed E-state index contributed by atoms with van der Waals surface area (Å²) in [6.07, 6.45) is 1.61. The maximum atomic E-state index is 12.9. The summed E-state index contributed by atoms with van der Waals surface area (Å²) in [5.41, 5.74) is 9.04. The second-order valence-corrected chi connectivity index (χ2v) is 8.78. The van der Waals surface area contributed by atoms with E-state index in [4.69, 9.17) is 5.73 Å². The van der Waals surface area contributed by atoms with Gasteiger partial charge < -0.3 is 10.6 Å². The number of nitrogens with zero attached hydrogens (tertiary/aromatic N) is 4. The van der Waals surface area contributed by atoms with Crippen molar-refractivity contribution in [2.45, 2.75) is 31.6 Å². The molecule has 2 amide bonds. The molecule has 2 aliphatic rings. The zero-order chi connectivity index (χ0) is 20.4. The Morgan fingerprint density at radius 2 is 2.00 bits per heavy atom. The van der Waals surface area contributed by atoms with Crippen LogP contribution in [0.3, 0.4) is 0 Å². The fourth-order valence-corrected chi connectivity index (χ4v) is 5.21. The highest BCUT2D eigenvalue weighted by atomic mass is 32.1. The van der Waals surface area contributed by atoms with Crippen LogP contribution in [0.15, 0.2) is 29.6 Å². The van der Waals surface area contributed by atoms with Crippen LogP contribution in [-0.4, -0.2) is 63.9 Å². The van der Waals surface area contributed by atoms with E-state index in [0.717, 1.165) is 31.6 Å². The van der Waals surface area contributed by atoms with Gasteiger partial charge in [-0.3, -0.25) is 14.5 Å². The number of nitrogens with two attached hydrogens (primary N) is 1. The number of aryl methyl sites for hydroxylation is 1. The van der Waals surface area contributed by atoms with Gasteiger partial charge in [0.05, 0.1) is 18.2 Å². The van der Waals surface area contributed by atoms with E-state index in [1.165, 1.54) is 22.7 Å². The molecule has 2 aliphatic heterocycles. The summed E-state index contributed by atoms with van der Waals surface area (Å²) in [5, 5.41) is 6.35. The first kappa shape index (κ1) is 20.0. The van der Waals surface area contributed by atoms with Crippen LogP contribution in [-0.2, 0) is 9.59 Å². The highest BCUT2D eigenvalue weighted by molar-refractivity contribution is 7.03. The lowest BCUT2D eigenvalue weighted by Crippen LogP contribution is -2.47. The van der Waals surface area contributed by atoms with Crippen LogP contribution in [0.25, 0.3) is 0 Å². The smallest absolute Gasteiger partial charge is 0.236 e. The van der Waals surface area contributed by atoms with Gasteiger partial charge in [0.15, 0.2) is 0 Å². The first-order chi connectivity index (χ1) is 14.0. The van der Waals surface area contributed by atoms with Crippen molar-refractivity contribution >= 4 is 23.3 Å². The maximum absolute atomic E-state index is 12.9. The Morgan fingerprint density at radius 1 is 1.21 bits per heavy atom. The molecule has 29 heavy (non-hydrogen) atoms. The summed E-state index contributed by atoms with van der Waals surface area (Å²) in [7, 11) is 0. The van der Waals surface area contributed by atoms with Crippen molar-refractivity contribution in [2.75, 3.05) is 32.7 Å². The monoisotopic (exact) mass is 413 g/mol. The van der Waals surface area contributed by atoms with Crippen molar-refractivity contribution in [3.63, 3.8) is 0 Å². The number of amides is 2. The molecule has 0 saturated carbocycles. The summed E-state index contributed by atoms with van der Waals surface area (Å²) < 4.78 is 4.06. The van der Waals surface area contributed by atoms with Crippen molar-refractivity contribution in [3.05, 3.63) is 46.5 Å². The number of carbonyl (C=O) groups excluding carboxylic acids is 2. The fourth-order valence-electron chi connectivity index (χ4n) is 4.69. The normalized spacial score (nSPS) is 25.3. The fraction of sp³-hybridized carbons (Fsp3) is 0.524. The molecule has 4 rings (SSSR count). The summed E-state index contributed by atoms with van der Waals surface area (Å²) in [4.78, 5) is 28.5. The Kier molecular flexibility index (Phi) is 5.91. The largest absolute Gasteiger partial charge is 0.369 e. The van der Waals surface area contributed by atoms with Gasteiger partial charge >= 0.3 is 0 Å². The number of primary amides is 1. The number of likely N-dealkylation sites (tertiary alicyclic amines) is 2. The SMILES string of the molecule is Cc1ccccc1[C@@H]1CN(CC(=O)N2CCC[C@@H](C(N)=O)C2)C[C@H]1c1csnn1. The minimum absolute atomic E-state index is 0.0801. The number of hydrogen-bond donors (Lipinski definition) is 1. The lowest BCUT2D eigenvalue weighted by atomic mass is 9.85. The van der Waals surface area contributed by atoms with Gasteiger partial charge in [-0.1, -0.05) is 28.8 Å². The molecule has 8 heteroatoms. The molecule has 1 aromatic carbocycles. The van der Waals surface area contributed by atoms with Crippen molar-refractivity contribution < 1.29 is 9.59 Å². The number of aromatic nitrogens is 2. The first-order valence-electron chi connectivity index (χ1n) is 10.1. The highest BCUT2D eigenvalue weighted by Crippen LogP contribution is 2.40. The second kappa shape index (κ2) is 8.59.